The minimum absolute atomic E-state index is 0.570. The summed E-state index contributed by atoms with van der Waals surface area (Å²) in [6.07, 6.45) is 3.94. The maximum absolute atomic E-state index is 5.75. The molecule has 0 aliphatic carbocycles. The van der Waals surface area contributed by atoms with Crippen LogP contribution in [0.4, 0.5) is 0 Å². The summed E-state index contributed by atoms with van der Waals surface area (Å²) in [4.78, 5) is 14.3. The molecule has 1 aliphatic heterocycles. The number of hydrogen-bond donors (Lipinski definition) is 2. The van der Waals surface area contributed by atoms with Gasteiger partial charge in [-0.2, -0.15) is 0 Å². The van der Waals surface area contributed by atoms with Crippen LogP contribution in [-0.4, -0.2) is 67.9 Å². The van der Waals surface area contributed by atoms with Gasteiger partial charge in [0.2, 0.25) is 0 Å². The molecule has 0 saturated carbocycles. The molecule has 1 fully saturated rings. The Morgan fingerprint density at radius 2 is 2.25 bits per heavy atom. The van der Waals surface area contributed by atoms with Crippen molar-refractivity contribution >= 4 is 5.96 Å². The van der Waals surface area contributed by atoms with Gasteiger partial charge in [-0.05, 0) is 18.4 Å². The van der Waals surface area contributed by atoms with Crippen molar-refractivity contribution in [1.82, 2.24) is 20.2 Å². The fraction of sp³-hybridized carbons (Fsp3) is 0.524. The number of imidazole rings is 1. The maximum atomic E-state index is 5.75. The summed E-state index contributed by atoms with van der Waals surface area (Å²) in [6, 6.07) is 10.2. The summed E-state index contributed by atoms with van der Waals surface area (Å²) in [5, 5.41) is 3.39. The van der Waals surface area contributed by atoms with E-state index in [1.54, 1.807) is 7.05 Å². The lowest BCUT2D eigenvalue weighted by Crippen LogP contribution is -2.39. The second kappa shape index (κ2) is 10.8. The molecular weight excluding hydrogens is 354 g/mol. The van der Waals surface area contributed by atoms with Crippen LogP contribution >= 0.6 is 0 Å². The van der Waals surface area contributed by atoms with Gasteiger partial charge in [-0.3, -0.25) is 4.99 Å². The highest BCUT2D eigenvalue weighted by molar-refractivity contribution is 5.79. The molecule has 1 unspecified atom stereocenters. The molecule has 7 nitrogen and oxygen atoms in total. The standard InChI is InChI=1S/C21H31N5O2/c1-22-21(23-10-6-11-27-15-17-9-12-28-16-17)26(2)14-20-24-13-19(25-20)18-7-4-3-5-8-18/h3-5,7-8,13,17H,6,9-12,14-16H2,1-2H3,(H,22,23)(H,24,25). The van der Waals surface area contributed by atoms with Crippen molar-refractivity contribution in [1.29, 1.82) is 0 Å². The number of rotatable bonds is 9. The van der Waals surface area contributed by atoms with Gasteiger partial charge in [0.05, 0.1) is 31.6 Å². The van der Waals surface area contributed by atoms with Crippen molar-refractivity contribution in [2.75, 3.05) is 47.1 Å². The molecule has 1 aromatic carbocycles. The van der Waals surface area contributed by atoms with Gasteiger partial charge >= 0.3 is 0 Å². The summed E-state index contributed by atoms with van der Waals surface area (Å²) in [5.74, 6) is 2.33. The Morgan fingerprint density at radius 3 is 3.00 bits per heavy atom. The smallest absolute Gasteiger partial charge is 0.193 e. The molecule has 0 spiro atoms. The number of nitrogens with one attached hydrogen (secondary N) is 2. The average molecular weight is 386 g/mol. The predicted octanol–water partition coefficient (Wildman–Crippen LogP) is 2.53. The van der Waals surface area contributed by atoms with Crippen LogP contribution in [0.3, 0.4) is 0 Å². The normalized spacial score (nSPS) is 17.1. The number of aliphatic imine (C=N–C) groups is 1. The Morgan fingerprint density at radius 1 is 1.39 bits per heavy atom. The minimum Gasteiger partial charge on any atom is -0.381 e. The molecule has 152 valence electrons. The monoisotopic (exact) mass is 385 g/mol. The van der Waals surface area contributed by atoms with Gasteiger partial charge in [-0.1, -0.05) is 30.3 Å². The molecule has 0 radical (unpaired) electrons. The number of guanidine groups is 1. The van der Waals surface area contributed by atoms with Crippen LogP contribution in [0.25, 0.3) is 11.3 Å². The van der Waals surface area contributed by atoms with Crippen LogP contribution < -0.4 is 5.32 Å². The second-order valence-electron chi connectivity index (χ2n) is 7.10. The number of hydrogen-bond acceptors (Lipinski definition) is 4. The Hall–Kier alpha value is -2.38. The SMILES string of the molecule is CN=C(NCCCOCC1CCOC1)N(C)Cc1ncc(-c2ccccc2)[nH]1. The van der Waals surface area contributed by atoms with Gasteiger partial charge in [0.25, 0.3) is 0 Å². The lowest BCUT2D eigenvalue weighted by molar-refractivity contribution is 0.0887. The van der Waals surface area contributed by atoms with Crippen LogP contribution in [0.5, 0.6) is 0 Å². The molecule has 2 aromatic rings. The number of ether oxygens (including phenoxy) is 2. The summed E-state index contributed by atoms with van der Waals surface area (Å²) in [6.45, 7) is 4.76. The van der Waals surface area contributed by atoms with Crippen molar-refractivity contribution in [3.8, 4) is 11.3 Å². The first-order valence-corrected chi connectivity index (χ1v) is 9.93. The van der Waals surface area contributed by atoms with Crippen LogP contribution in [0.15, 0.2) is 41.5 Å². The van der Waals surface area contributed by atoms with E-state index >= 15 is 0 Å². The molecule has 1 aliphatic rings. The van der Waals surface area contributed by atoms with E-state index in [0.717, 1.165) is 68.9 Å². The first kappa shape index (κ1) is 20.4. The quantitative estimate of drug-likeness (QED) is 0.394. The number of benzene rings is 1. The van der Waals surface area contributed by atoms with Crippen LogP contribution in [0.1, 0.15) is 18.7 Å². The third-order valence-electron chi connectivity index (χ3n) is 4.80. The molecule has 0 amide bonds. The number of nitrogens with zero attached hydrogens (tertiary/aromatic N) is 3. The van der Waals surface area contributed by atoms with Gasteiger partial charge in [0.15, 0.2) is 5.96 Å². The van der Waals surface area contributed by atoms with Crippen molar-refractivity contribution in [2.24, 2.45) is 10.9 Å². The predicted molar refractivity (Wildman–Crippen MR) is 111 cm³/mol. The van der Waals surface area contributed by atoms with Crippen LogP contribution in [0, 0.1) is 5.92 Å². The van der Waals surface area contributed by atoms with Crippen molar-refractivity contribution < 1.29 is 9.47 Å². The van der Waals surface area contributed by atoms with Gasteiger partial charge < -0.3 is 24.7 Å². The van der Waals surface area contributed by atoms with Gasteiger partial charge in [0, 0.05) is 39.8 Å². The van der Waals surface area contributed by atoms with E-state index in [-0.39, 0.29) is 0 Å². The van der Waals surface area contributed by atoms with Gasteiger partial charge in [-0.15, -0.1) is 0 Å². The number of aromatic nitrogens is 2. The molecule has 1 aromatic heterocycles. The lowest BCUT2D eigenvalue weighted by atomic mass is 10.1. The zero-order chi connectivity index (χ0) is 19.6. The van der Waals surface area contributed by atoms with E-state index in [0.29, 0.717) is 12.5 Å². The number of H-pyrrole nitrogens is 1. The first-order valence-electron chi connectivity index (χ1n) is 9.93. The zero-order valence-electron chi connectivity index (χ0n) is 16.9. The Bertz CT molecular complexity index is 725. The average Bonchev–Trinajstić information content (AvgIpc) is 3.40. The maximum Gasteiger partial charge on any atom is 0.193 e. The highest BCUT2D eigenvalue weighted by Crippen LogP contribution is 2.16. The second-order valence-corrected chi connectivity index (χ2v) is 7.10. The third kappa shape index (κ3) is 6.07. The fourth-order valence-corrected chi connectivity index (χ4v) is 3.23. The van der Waals surface area contributed by atoms with E-state index in [1.165, 1.54) is 0 Å². The van der Waals surface area contributed by atoms with Gasteiger partial charge in [-0.25, -0.2) is 4.98 Å². The largest absolute Gasteiger partial charge is 0.381 e. The summed E-state index contributed by atoms with van der Waals surface area (Å²) in [5.41, 5.74) is 2.16. The Kier molecular flexibility index (Phi) is 7.87. The molecule has 3 rings (SSSR count). The van der Waals surface area contributed by atoms with E-state index in [4.69, 9.17) is 9.47 Å². The Labute approximate surface area is 167 Å². The molecule has 0 bridgehead atoms. The first-order chi connectivity index (χ1) is 13.8. The van der Waals surface area contributed by atoms with Crippen molar-refractivity contribution in [3.05, 3.63) is 42.4 Å². The molecule has 1 saturated heterocycles. The topological polar surface area (TPSA) is 74.8 Å². The molecule has 1 atom stereocenters. The Balaban J connectivity index is 1.37. The summed E-state index contributed by atoms with van der Waals surface area (Å²) in [7, 11) is 3.81. The third-order valence-corrected chi connectivity index (χ3v) is 4.80. The molecule has 2 heterocycles. The zero-order valence-corrected chi connectivity index (χ0v) is 16.9. The van der Waals surface area contributed by atoms with Crippen molar-refractivity contribution in [2.45, 2.75) is 19.4 Å². The number of aromatic amines is 1. The van der Waals surface area contributed by atoms with Crippen LogP contribution in [0.2, 0.25) is 0 Å². The minimum atomic E-state index is 0.570. The molecular formula is C21H31N5O2. The van der Waals surface area contributed by atoms with Gasteiger partial charge in [0.1, 0.15) is 5.82 Å². The highest BCUT2D eigenvalue weighted by atomic mass is 16.5. The molecule has 2 N–H and O–H groups in total. The van der Waals surface area contributed by atoms with Crippen molar-refractivity contribution in [3.63, 3.8) is 0 Å². The summed E-state index contributed by atoms with van der Waals surface area (Å²) < 4.78 is 11.1. The fourth-order valence-electron chi connectivity index (χ4n) is 3.23. The molecule has 28 heavy (non-hydrogen) atoms. The van der Waals surface area contributed by atoms with E-state index in [2.05, 4.69) is 37.3 Å². The van der Waals surface area contributed by atoms with Crippen LogP contribution in [-0.2, 0) is 16.0 Å². The van der Waals surface area contributed by atoms with E-state index in [9.17, 15) is 0 Å². The molecule has 7 heteroatoms. The highest BCUT2D eigenvalue weighted by Gasteiger charge is 2.15. The lowest BCUT2D eigenvalue weighted by Gasteiger charge is -2.21. The summed E-state index contributed by atoms with van der Waals surface area (Å²) >= 11 is 0. The van der Waals surface area contributed by atoms with E-state index < -0.39 is 0 Å². The van der Waals surface area contributed by atoms with E-state index in [1.807, 2.05) is 31.4 Å².